The second-order valence-corrected chi connectivity index (χ2v) is 3.20. The van der Waals surface area contributed by atoms with Gasteiger partial charge in [0.2, 0.25) is 0 Å². The van der Waals surface area contributed by atoms with E-state index in [0.717, 1.165) is 5.56 Å². The number of methoxy groups -OCH3 is 1. The summed E-state index contributed by atoms with van der Waals surface area (Å²) in [5.41, 5.74) is 12.1. The maximum atomic E-state index is 5.85. The SMILES string of the molecule is COc1cc(Cl)cc(C(N)CN)c1. The van der Waals surface area contributed by atoms with Crippen LogP contribution in [0.3, 0.4) is 0 Å². The van der Waals surface area contributed by atoms with Crippen molar-refractivity contribution >= 4 is 11.6 Å². The molecule has 0 aromatic heterocycles. The Hall–Kier alpha value is -0.770. The lowest BCUT2D eigenvalue weighted by atomic mass is 10.1. The van der Waals surface area contributed by atoms with Gasteiger partial charge in [0.05, 0.1) is 7.11 Å². The van der Waals surface area contributed by atoms with E-state index in [2.05, 4.69) is 0 Å². The van der Waals surface area contributed by atoms with Crippen LogP contribution >= 0.6 is 11.6 Å². The Morgan fingerprint density at radius 2 is 2.15 bits per heavy atom. The van der Waals surface area contributed by atoms with E-state index in [9.17, 15) is 0 Å². The van der Waals surface area contributed by atoms with Crippen LogP contribution in [0.1, 0.15) is 11.6 Å². The molecule has 1 atom stereocenters. The van der Waals surface area contributed by atoms with E-state index >= 15 is 0 Å². The molecule has 0 saturated carbocycles. The number of hydrogen-bond acceptors (Lipinski definition) is 3. The minimum absolute atomic E-state index is 0.187. The first-order valence-electron chi connectivity index (χ1n) is 3.97. The lowest BCUT2D eigenvalue weighted by Crippen LogP contribution is -2.20. The highest BCUT2D eigenvalue weighted by Crippen LogP contribution is 2.23. The highest BCUT2D eigenvalue weighted by Gasteiger charge is 2.06. The Morgan fingerprint density at radius 1 is 1.46 bits per heavy atom. The van der Waals surface area contributed by atoms with Crippen LogP contribution in [-0.4, -0.2) is 13.7 Å². The van der Waals surface area contributed by atoms with Crippen LogP contribution in [0.2, 0.25) is 5.02 Å². The van der Waals surface area contributed by atoms with E-state index in [1.807, 2.05) is 6.07 Å². The van der Waals surface area contributed by atoms with Gasteiger partial charge in [-0.2, -0.15) is 0 Å². The van der Waals surface area contributed by atoms with E-state index in [4.69, 9.17) is 27.8 Å². The third kappa shape index (κ3) is 2.59. The van der Waals surface area contributed by atoms with Gasteiger partial charge in [0, 0.05) is 17.6 Å². The van der Waals surface area contributed by atoms with Gasteiger partial charge in [-0.15, -0.1) is 0 Å². The normalized spacial score (nSPS) is 12.6. The fourth-order valence-electron chi connectivity index (χ4n) is 1.05. The highest BCUT2D eigenvalue weighted by molar-refractivity contribution is 6.30. The molecule has 1 unspecified atom stereocenters. The minimum Gasteiger partial charge on any atom is -0.497 e. The number of benzene rings is 1. The molecule has 0 aliphatic carbocycles. The topological polar surface area (TPSA) is 61.3 Å². The summed E-state index contributed by atoms with van der Waals surface area (Å²) in [6, 6.07) is 5.17. The van der Waals surface area contributed by atoms with Crippen LogP contribution in [0, 0.1) is 0 Å². The molecule has 13 heavy (non-hydrogen) atoms. The summed E-state index contributed by atoms with van der Waals surface area (Å²) in [5, 5.41) is 0.609. The van der Waals surface area contributed by atoms with Gasteiger partial charge in [-0.05, 0) is 23.8 Å². The zero-order chi connectivity index (χ0) is 9.84. The Kier molecular flexibility index (Phi) is 3.54. The first kappa shape index (κ1) is 10.3. The van der Waals surface area contributed by atoms with Crippen molar-refractivity contribution in [3.8, 4) is 5.75 Å². The molecule has 72 valence electrons. The molecule has 0 saturated heterocycles. The van der Waals surface area contributed by atoms with Crippen molar-refractivity contribution in [2.75, 3.05) is 13.7 Å². The van der Waals surface area contributed by atoms with Crippen molar-refractivity contribution in [2.45, 2.75) is 6.04 Å². The molecule has 0 aliphatic rings. The Labute approximate surface area is 82.6 Å². The molecule has 0 aliphatic heterocycles. The van der Waals surface area contributed by atoms with Crippen LogP contribution < -0.4 is 16.2 Å². The van der Waals surface area contributed by atoms with Gasteiger partial charge in [-0.1, -0.05) is 11.6 Å². The molecule has 0 amide bonds. The quantitative estimate of drug-likeness (QED) is 0.774. The Balaban J connectivity index is 3.01. The number of hydrogen-bond donors (Lipinski definition) is 2. The van der Waals surface area contributed by atoms with Crippen molar-refractivity contribution < 1.29 is 4.74 Å². The number of nitrogens with two attached hydrogens (primary N) is 2. The summed E-state index contributed by atoms with van der Waals surface area (Å²) in [7, 11) is 1.59. The summed E-state index contributed by atoms with van der Waals surface area (Å²) in [4.78, 5) is 0. The smallest absolute Gasteiger partial charge is 0.120 e. The number of ether oxygens (including phenoxy) is 1. The van der Waals surface area contributed by atoms with E-state index in [0.29, 0.717) is 17.3 Å². The molecule has 0 heterocycles. The lowest BCUT2D eigenvalue weighted by molar-refractivity contribution is 0.414. The number of rotatable bonds is 3. The first-order chi connectivity index (χ1) is 6.17. The van der Waals surface area contributed by atoms with E-state index in [1.165, 1.54) is 0 Å². The van der Waals surface area contributed by atoms with Crippen LogP contribution in [0.5, 0.6) is 5.75 Å². The summed E-state index contributed by atoms with van der Waals surface area (Å²) in [5.74, 6) is 0.700. The molecule has 1 rings (SSSR count). The second kappa shape index (κ2) is 4.46. The molecular formula is C9H13ClN2O. The second-order valence-electron chi connectivity index (χ2n) is 2.77. The summed E-state index contributed by atoms with van der Waals surface area (Å²) < 4.78 is 5.05. The third-order valence-electron chi connectivity index (χ3n) is 1.81. The van der Waals surface area contributed by atoms with Gasteiger partial charge in [0.15, 0.2) is 0 Å². The molecule has 0 bridgehead atoms. The average molecular weight is 201 g/mol. The molecule has 0 radical (unpaired) electrons. The van der Waals surface area contributed by atoms with Crippen molar-refractivity contribution in [3.63, 3.8) is 0 Å². The predicted molar refractivity (Wildman–Crippen MR) is 54.0 cm³/mol. The largest absolute Gasteiger partial charge is 0.497 e. The predicted octanol–water partition coefficient (Wildman–Crippen LogP) is 1.31. The Morgan fingerprint density at radius 3 is 2.69 bits per heavy atom. The summed E-state index contributed by atoms with van der Waals surface area (Å²) in [6.07, 6.45) is 0. The summed E-state index contributed by atoms with van der Waals surface area (Å²) in [6.45, 7) is 0.392. The Bertz CT molecular complexity index is 291. The zero-order valence-electron chi connectivity index (χ0n) is 7.46. The van der Waals surface area contributed by atoms with Crippen molar-refractivity contribution in [3.05, 3.63) is 28.8 Å². The van der Waals surface area contributed by atoms with Crippen LogP contribution in [0.4, 0.5) is 0 Å². The molecule has 3 nitrogen and oxygen atoms in total. The minimum atomic E-state index is -0.187. The van der Waals surface area contributed by atoms with Gasteiger partial charge in [-0.3, -0.25) is 0 Å². The average Bonchev–Trinajstić information content (AvgIpc) is 2.15. The lowest BCUT2D eigenvalue weighted by Gasteiger charge is -2.11. The standard InChI is InChI=1S/C9H13ClN2O/c1-13-8-3-6(9(12)5-11)2-7(10)4-8/h2-4,9H,5,11-12H2,1H3. The molecular weight excluding hydrogens is 188 g/mol. The van der Waals surface area contributed by atoms with Crippen LogP contribution in [0.15, 0.2) is 18.2 Å². The van der Waals surface area contributed by atoms with Crippen molar-refractivity contribution in [1.29, 1.82) is 0 Å². The van der Waals surface area contributed by atoms with E-state index < -0.39 is 0 Å². The van der Waals surface area contributed by atoms with Gasteiger partial charge in [0.25, 0.3) is 0 Å². The molecule has 1 aromatic carbocycles. The first-order valence-corrected chi connectivity index (χ1v) is 4.35. The van der Waals surface area contributed by atoms with Crippen molar-refractivity contribution in [1.82, 2.24) is 0 Å². The molecule has 1 aromatic rings. The molecule has 0 spiro atoms. The van der Waals surface area contributed by atoms with Crippen LogP contribution in [-0.2, 0) is 0 Å². The van der Waals surface area contributed by atoms with Gasteiger partial charge in [-0.25, -0.2) is 0 Å². The molecule has 0 fully saturated rings. The zero-order valence-corrected chi connectivity index (χ0v) is 8.21. The van der Waals surface area contributed by atoms with E-state index in [1.54, 1.807) is 19.2 Å². The van der Waals surface area contributed by atoms with Gasteiger partial charge in [0.1, 0.15) is 5.75 Å². The summed E-state index contributed by atoms with van der Waals surface area (Å²) >= 11 is 5.85. The third-order valence-corrected chi connectivity index (χ3v) is 2.03. The number of halogens is 1. The van der Waals surface area contributed by atoms with Crippen molar-refractivity contribution in [2.24, 2.45) is 11.5 Å². The fourth-order valence-corrected chi connectivity index (χ4v) is 1.29. The van der Waals surface area contributed by atoms with Gasteiger partial charge < -0.3 is 16.2 Å². The maximum Gasteiger partial charge on any atom is 0.120 e. The van der Waals surface area contributed by atoms with E-state index in [-0.39, 0.29) is 6.04 Å². The fraction of sp³-hybridized carbons (Fsp3) is 0.333. The molecule has 4 N–H and O–H groups in total. The van der Waals surface area contributed by atoms with Gasteiger partial charge >= 0.3 is 0 Å². The maximum absolute atomic E-state index is 5.85. The monoisotopic (exact) mass is 200 g/mol. The molecule has 4 heteroatoms. The highest BCUT2D eigenvalue weighted by atomic mass is 35.5. The van der Waals surface area contributed by atoms with Crippen LogP contribution in [0.25, 0.3) is 0 Å².